The number of rotatable bonds is 6. The van der Waals surface area contributed by atoms with Crippen molar-refractivity contribution in [3.05, 3.63) is 35.9 Å². The maximum Gasteiger partial charge on any atom is 0.338 e. The molecule has 2 atom stereocenters. The maximum atomic E-state index is 11.6. The van der Waals surface area contributed by atoms with E-state index in [-0.39, 0.29) is 6.61 Å². The Morgan fingerprint density at radius 3 is 2.42 bits per heavy atom. The van der Waals surface area contributed by atoms with Crippen LogP contribution in [0.3, 0.4) is 0 Å². The van der Waals surface area contributed by atoms with Crippen LogP contribution in [-0.2, 0) is 14.3 Å². The molecule has 1 aromatic rings. The van der Waals surface area contributed by atoms with E-state index in [1.54, 1.807) is 37.3 Å². The molecule has 0 amide bonds. The molecule has 0 aliphatic rings. The molecule has 19 heavy (non-hydrogen) atoms. The van der Waals surface area contributed by atoms with E-state index in [4.69, 9.17) is 9.47 Å². The molecule has 0 bridgehead atoms. The molecular formula is C14H18O5. The van der Waals surface area contributed by atoms with Crippen LogP contribution < -0.4 is 0 Å². The second-order valence-corrected chi connectivity index (χ2v) is 4.09. The molecule has 0 saturated heterocycles. The monoisotopic (exact) mass is 266 g/mol. The molecule has 1 aromatic carbocycles. The first-order valence-corrected chi connectivity index (χ1v) is 6.12. The molecule has 0 fully saturated rings. The maximum absolute atomic E-state index is 11.6. The molecule has 5 nitrogen and oxygen atoms in total. The van der Waals surface area contributed by atoms with Gasteiger partial charge in [-0.25, -0.2) is 4.79 Å². The molecule has 104 valence electrons. The van der Waals surface area contributed by atoms with Crippen LogP contribution >= 0.6 is 0 Å². The van der Waals surface area contributed by atoms with E-state index in [2.05, 4.69) is 0 Å². The number of aliphatic hydroxyl groups excluding tert-OH is 1. The summed E-state index contributed by atoms with van der Waals surface area (Å²) in [4.78, 5) is 22.5. The van der Waals surface area contributed by atoms with Crippen molar-refractivity contribution < 1.29 is 24.2 Å². The van der Waals surface area contributed by atoms with Crippen LogP contribution in [0.1, 0.15) is 30.6 Å². The highest BCUT2D eigenvalue weighted by molar-refractivity contribution is 5.89. The van der Waals surface area contributed by atoms with Gasteiger partial charge < -0.3 is 14.6 Å². The van der Waals surface area contributed by atoms with Crippen molar-refractivity contribution in [1.82, 2.24) is 0 Å². The molecule has 0 aromatic heterocycles. The Hall–Kier alpha value is -1.88. The van der Waals surface area contributed by atoms with Gasteiger partial charge in [0.05, 0.1) is 5.56 Å². The molecule has 0 heterocycles. The first-order valence-electron chi connectivity index (χ1n) is 6.12. The van der Waals surface area contributed by atoms with E-state index in [0.29, 0.717) is 12.0 Å². The summed E-state index contributed by atoms with van der Waals surface area (Å²) in [5.74, 6) is -0.988. The van der Waals surface area contributed by atoms with Crippen molar-refractivity contribution >= 4 is 11.9 Å². The fourth-order valence-electron chi connectivity index (χ4n) is 1.57. The third kappa shape index (κ3) is 5.09. The van der Waals surface area contributed by atoms with Gasteiger partial charge in [0.1, 0.15) is 18.8 Å². The number of benzene rings is 1. The van der Waals surface area contributed by atoms with Crippen LogP contribution in [0.5, 0.6) is 0 Å². The van der Waals surface area contributed by atoms with Gasteiger partial charge >= 0.3 is 11.9 Å². The zero-order valence-corrected chi connectivity index (χ0v) is 11.0. The van der Waals surface area contributed by atoms with Gasteiger partial charge in [0.25, 0.3) is 0 Å². The van der Waals surface area contributed by atoms with Crippen molar-refractivity contribution in [2.45, 2.75) is 32.5 Å². The van der Waals surface area contributed by atoms with E-state index in [0.717, 1.165) is 0 Å². The van der Waals surface area contributed by atoms with Crippen LogP contribution in [-0.4, -0.2) is 35.9 Å². The number of hydrogen-bond acceptors (Lipinski definition) is 5. The third-order valence-corrected chi connectivity index (χ3v) is 2.54. The van der Waals surface area contributed by atoms with Crippen molar-refractivity contribution in [2.75, 3.05) is 6.61 Å². The highest BCUT2D eigenvalue weighted by atomic mass is 16.6. The Morgan fingerprint density at radius 2 is 1.89 bits per heavy atom. The zero-order valence-electron chi connectivity index (χ0n) is 11.0. The first-order chi connectivity index (χ1) is 9.04. The number of hydrogen-bond donors (Lipinski definition) is 1. The summed E-state index contributed by atoms with van der Waals surface area (Å²) >= 11 is 0. The van der Waals surface area contributed by atoms with E-state index in [1.165, 1.54) is 6.92 Å². The molecule has 5 heteroatoms. The summed E-state index contributed by atoms with van der Waals surface area (Å²) in [6.45, 7) is 2.83. The van der Waals surface area contributed by atoms with Crippen molar-refractivity contribution in [2.24, 2.45) is 0 Å². The fraction of sp³-hybridized carbons (Fsp3) is 0.429. The van der Waals surface area contributed by atoms with Gasteiger partial charge in [-0.05, 0) is 18.6 Å². The number of aliphatic hydroxyl groups is 1. The van der Waals surface area contributed by atoms with Gasteiger partial charge in [-0.3, -0.25) is 4.79 Å². The second kappa shape index (κ2) is 7.53. The van der Waals surface area contributed by atoms with Crippen molar-refractivity contribution in [3.8, 4) is 0 Å². The largest absolute Gasteiger partial charge is 0.460 e. The number of esters is 2. The molecule has 0 aliphatic heterocycles. The lowest BCUT2D eigenvalue weighted by atomic mass is 10.1. The van der Waals surface area contributed by atoms with Gasteiger partial charge in [-0.1, -0.05) is 25.1 Å². The lowest BCUT2D eigenvalue weighted by Gasteiger charge is -2.21. The molecule has 0 aliphatic carbocycles. The van der Waals surface area contributed by atoms with E-state index in [1.807, 2.05) is 0 Å². The minimum atomic E-state index is -1.03. The topological polar surface area (TPSA) is 72.8 Å². The zero-order chi connectivity index (χ0) is 14.3. The smallest absolute Gasteiger partial charge is 0.338 e. The van der Waals surface area contributed by atoms with Gasteiger partial charge in [-0.2, -0.15) is 0 Å². The van der Waals surface area contributed by atoms with Gasteiger partial charge in [0, 0.05) is 6.92 Å². The predicted octanol–water partition coefficient (Wildman–Crippen LogP) is 1.55. The highest BCUT2D eigenvalue weighted by Gasteiger charge is 2.22. The average Bonchev–Trinajstić information content (AvgIpc) is 2.42. The quantitative estimate of drug-likeness (QED) is 0.791. The number of ether oxygens (including phenoxy) is 2. The SMILES string of the molecule is CCC(OC(C)=O)[C@H](O)COC(=O)c1ccccc1. The Kier molecular flexibility index (Phi) is 6.02. The average molecular weight is 266 g/mol. The normalized spacial score (nSPS) is 13.4. The number of carbonyl (C=O) groups is 2. The van der Waals surface area contributed by atoms with Gasteiger partial charge in [-0.15, -0.1) is 0 Å². The minimum Gasteiger partial charge on any atom is -0.460 e. The van der Waals surface area contributed by atoms with Gasteiger partial charge in [0.2, 0.25) is 0 Å². The Labute approximate surface area is 112 Å². The lowest BCUT2D eigenvalue weighted by molar-refractivity contribution is -0.154. The molecular weight excluding hydrogens is 248 g/mol. The molecule has 0 spiro atoms. The highest BCUT2D eigenvalue weighted by Crippen LogP contribution is 2.07. The standard InChI is InChI=1S/C14H18O5/c1-3-13(19-10(2)15)12(16)9-18-14(17)11-7-5-4-6-8-11/h4-8,12-13,16H,3,9H2,1-2H3/t12-,13?/m1/s1. The summed E-state index contributed by atoms with van der Waals surface area (Å²) in [6, 6.07) is 8.48. The molecule has 1 N–H and O–H groups in total. The van der Waals surface area contributed by atoms with E-state index in [9.17, 15) is 14.7 Å². The summed E-state index contributed by atoms with van der Waals surface area (Å²) < 4.78 is 9.89. The summed E-state index contributed by atoms with van der Waals surface area (Å²) in [5, 5.41) is 9.80. The lowest BCUT2D eigenvalue weighted by Crippen LogP contribution is -2.34. The molecule has 1 unspecified atom stereocenters. The van der Waals surface area contributed by atoms with Crippen molar-refractivity contribution in [1.29, 1.82) is 0 Å². The predicted molar refractivity (Wildman–Crippen MR) is 68.6 cm³/mol. The Bertz CT molecular complexity index is 415. The molecule has 0 saturated carbocycles. The van der Waals surface area contributed by atoms with E-state index >= 15 is 0 Å². The first kappa shape index (κ1) is 15.2. The number of carbonyl (C=O) groups excluding carboxylic acids is 2. The fourth-order valence-corrected chi connectivity index (χ4v) is 1.57. The van der Waals surface area contributed by atoms with Crippen LogP contribution in [0, 0.1) is 0 Å². The van der Waals surface area contributed by atoms with Crippen molar-refractivity contribution in [3.63, 3.8) is 0 Å². The van der Waals surface area contributed by atoms with Gasteiger partial charge in [0.15, 0.2) is 0 Å². The molecule has 0 radical (unpaired) electrons. The summed E-state index contributed by atoms with van der Waals surface area (Å²) in [5.41, 5.74) is 0.412. The van der Waals surface area contributed by atoms with Crippen LogP contribution in [0.25, 0.3) is 0 Å². The summed E-state index contributed by atoms with van der Waals surface area (Å²) in [7, 11) is 0. The van der Waals surface area contributed by atoms with E-state index < -0.39 is 24.1 Å². The van der Waals surface area contributed by atoms with Crippen LogP contribution in [0.15, 0.2) is 30.3 Å². The van der Waals surface area contributed by atoms with Crippen LogP contribution in [0.4, 0.5) is 0 Å². The van der Waals surface area contributed by atoms with Crippen LogP contribution in [0.2, 0.25) is 0 Å². The Morgan fingerprint density at radius 1 is 1.26 bits per heavy atom. The molecule has 1 rings (SSSR count). The minimum absolute atomic E-state index is 0.209. The second-order valence-electron chi connectivity index (χ2n) is 4.09. The third-order valence-electron chi connectivity index (χ3n) is 2.54. The Balaban J connectivity index is 2.47. The summed E-state index contributed by atoms with van der Waals surface area (Å²) in [6.07, 6.45) is -1.24.